The summed E-state index contributed by atoms with van der Waals surface area (Å²) in [6, 6.07) is 4.76. The number of ether oxygens (including phenoxy) is 1. The minimum absolute atomic E-state index is 0.0258. The van der Waals surface area contributed by atoms with E-state index in [1.807, 2.05) is 0 Å². The number of carbonyl (C=O) groups is 2. The molecule has 0 radical (unpaired) electrons. The summed E-state index contributed by atoms with van der Waals surface area (Å²) >= 11 is 6.01. The fourth-order valence-electron chi connectivity index (χ4n) is 2.69. The molecular formula is C16H20ClNO4. The van der Waals surface area contributed by atoms with Gasteiger partial charge in [0.1, 0.15) is 5.75 Å². The first-order chi connectivity index (χ1) is 10.5. The molecule has 0 aliphatic heterocycles. The van der Waals surface area contributed by atoms with Crippen LogP contribution in [0.2, 0.25) is 5.02 Å². The summed E-state index contributed by atoms with van der Waals surface area (Å²) in [4.78, 5) is 22.4. The standard InChI is InChI=1S/C16H20ClNO4/c17-13-9-12(6-7-14(13)22-10-16(20)21)18-15(19)8-5-11-3-1-2-4-11/h6-7,9,11H,1-5,8,10H2,(H,18,19)(H,20,21). The number of halogens is 1. The van der Waals surface area contributed by atoms with Crippen molar-refractivity contribution in [2.75, 3.05) is 11.9 Å². The molecule has 0 spiro atoms. The Balaban J connectivity index is 1.82. The highest BCUT2D eigenvalue weighted by Crippen LogP contribution is 2.30. The third kappa shape index (κ3) is 5.22. The molecule has 6 heteroatoms. The van der Waals surface area contributed by atoms with Gasteiger partial charge >= 0.3 is 5.97 Å². The summed E-state index contributed by atoms with van der Waals surface area (Å²) < 4.78 is 5.03. The van der Waals surface area contributed by atoms with Gasteiger partial charge in [-0.2, -0.15) is 0 Å². The second-order valence-electron chi connectivity index (χ2n) is 5.56. The molecule has 1 aliphatic rings. The Morgan fingerprint density at radius 1 is 1.32 bits per heavy atom. The maximum Gasteiger partial charge on any atom is 0.341 e. The molecule has 5 nitrogen and oxygen atoms in total. The van der Waals surface area contributed by atoms with Crippen molar-refractivity contribution in [1.82, 2.24) is 0 Å². The van der Waals surface area contributed by atoms with Crippen molar-refractivity contribution in [3.63, 3.8) is 0 Å². The van der Waals surface area contributed by atoms with Crippen molar-refractivity contribution < 1.29 is 19.4 Å². The number of hydrogen-bond acceptors (Lipinski definition) is 3. The molecular weight excluding hydrogens is 306 g/mol. The molecule has 1 fully saturated rings. The van der Waals surface area contributed by atoms with Gasteiger partial charge in [0.05, 0.1) is 5.02 Å². The highest BCUT2D eigenvalue weighted by Gasteiger charge is 2.16. The van der Waals surface area contributed by atoms with Crippen LogP contribution in [0, 0.1) is 5.92 Å². The Bertz CT molecular complexity index is 541. The van der Waals surface area contributed by atoms with Gasteiger partial charge in [-0.1, -0.05) is 37.3 Å². The SMILES string of the molecule is O=C(O)COc1ccc(NC(=O)CCC2CCCC2)cc1Cl. The zero-order valence-corrected chi connectivity index (χ0v) is 13.1. The van der Waals surface area contributed by atoms with Gasteiger partial charge in [0, 0.05) is 12.1 Å². The van der Waals surface area contributed by atoms with E-state index in [0.29, 0.717) is 18.0 Å². The van der Waals surface area contributed by atoms with Crippen molar-refractivity contribution in [1.29, 1.82) is 0 Å². The average Bonchev–Trinajstić information content (AvgIpc) is 2.97. The summed E-state index contributed by atoms with van der Waals surface area (Å²) in [6.45, 7) is -0.452. The molecule has 2 rings (SSSR count). The first-order valence-electron chi connectivity index (χ1n) is 7.48. The highest BCUT2D eigenvalue weighted by atomic mass is 35.5. The minimum atomic E-state index is -1.07. The zero-order chi connectivity index (χ0) is 15.9. The number of benzene rings is 1. The van der Waals surface area contributed by atoms with E-state index in [9.17, 15) is 9.59 Å². The van der Waals surface area contributed by atoms with Gasteiger partial charge in [-0.25, -0.2) is 4.79 Å². The summed E-state index contributed by atoms with van der Waals surface area (Å²) in [6.07, 6.45) is 6.46. The van der Waals surface area contributed by atoms with E-state index in [2.05, 4.69) is 5.32 Å². The van der Waals surface area contributed by atoms with E-state index in [1.54, 1.807) is 18.2 Å². The topological polar surface area (TPSA) is 75.6 Å². The number of rotatable bonds is 7. The van der Waals surface area contributed by atoms with Crippen LogP contribution in [-0.2, 0) is 9.59 Å². The van der Waals surface area contributed by atoms with E-state index in [0.717, 1.165) is 6.42 Å². The van der Waals surface area contributed by atoms with Crippen molar-refractivity contribution in [3.8, 4) is 5.75 Å². The maximum absolute atomic E-state index is 11.9. The summed E-state index contributed by atoms with van der Waals surface area (Å²) in [5.74, 6) is -0.128. The average molecular weight is 326 g/mol. The van der Waals surface area contributed by atoms with Gasteiger partial charge in [0.2, 0.25) is 5.91 Å². The largest absolute Gasteiger partial charge is 0.480 e. The number of carboxylic acids is 1. The molecule has 120 valence electrons. The van der Waals surface area contributed by atoms with E-state index in [1.165, 1.54) is 25.7 Å². The van der Waals surface area contributed by atoms with E-state index in [4.69, 9.17) is 21.4 Å². The molecule has 0 atom stereocenters. The smallest absolute Gasteiger partial charge is 0.341 e. The van der Waals surface area contributed by atoms with Crippen molar-refractivity contribution in [3.05, 3.63) is 23.2 Å². The Hall–Kier alpha value is -1.75. The molecule has 0 unspecified atom stereocenters. The summed E-state index contributed by atoms with van der Waals surface area (Å²) in [5, 5.41) is 11.6. The highest BCUT2D eigenvalue weighted by molar-refractivity contribution is 6.32. The second-order valence-corrected chi connectivity index (χ2v) is 5.97. The number of nitrogens with one attached hydrogen (secondary N) is 1. The minimum Gasteiger partial charge on any atom is -0.480 e. The molecule has 0 saturated heterocycles. The summed E-state index contributed by atoms with van der Waals surface area (Å²) in [5.41, 5.74) is 0.587. The van der Waals surface area contributed by atoms with Crippen LogP contribution in [0.25, 0.3) is 0 Å². The lowest BCUT2D eigenvalue weighted by Crippen LogP contribution is -2.13. The molecule has 0 bridgehead atoms. The monoisotopic (exact) mass is 325 g/mol. The Labute approximate surface area is 134 Å². The van der Waals surface area contributed by atoms with Gasteiger partial charge in [0.15, 0.2) is 6.61 Å². The summed E-state index contributed by atoms with van der Waals surface area (Å²) in [7, 11) is 0. The van der Waals surface area contributed by atoms with Crippen LogP contribution in [0.5, 0.6) is 5.75 Å². The predicted molar refractivity (Wildman–Crippen MR) is 84.4 cm³/mol. The fourth-order valence-corrected chi connectivity index (χ4v) is 2.93. The lowest BCUT2D eigenvalue weighted by atomic mass is 10.0. The molecule has 22 heavy (non-hydrogen) atoms. The van der Waals surface area contributed by atoms with E-state index >= 15 is 0 Å². The normalized spacial score (nSPS) is 14.8. The maximum atomic E-state index is 11.9. The molecule has 1 saturated carbocycles. The molecule has 0 aromatic heterocycles. The van der Waals surface area contributed by atoms with Crippen LogP contribution < -0.4 is 10.1 Å². The second kappa shape index (κ2) is 8.03. The quantitative estimate of drug-likeness (QED) is 0.801. The van der Waals surface area contributed by atoms with Crippen LogP contribution in [-0.4, -0.2) is 23.6 Å². The third-order valence-electron chi connectivity index (χ3n) is 3.82. The first kappa shape index (κ1) is 16.6. The Kier molecular flexibility index (Phi) is 6.07. The van der Waals surface area contributed by atoms with Crippen LogP contribution in [0.3, 0.4) is 0 Å². The molecule has 0 heterocycles. The molecule has 1 amide bonds. The van der Waals surface area contributed by atoms with Crippen LogP contribution in [0.4, 0.5) is 5.69 Å². The predicted octanol–water partition coefficient (Wildman–Crippen LogP) is 3.71. The van der Waals surface area contributed by atoms with Crippen LogP contribution in [0.15, 0.2) is 18.2 Å². The van der Waals surface area contributed by atoms with Crippen molar-refractivity contribution in [2.24, 2.45) is 5.92 Å². The third-order valence-corrected chi connectivity index (χ3v) is 4.12. The lowest BCUT2D eigenvalue weighted by Gasteiger charge is -2.11. The van der Waals surface area contributed by atoms with Gasteiger partial charge in [-0.15, -0.1) is 0 Å². The number of amides is 1. The molecule has 1 aromatic rings. The molecule has 1 aromatic carbocycles. The lowest BCUT2D eigenvalue weighted by molar-refractivity contribution is -0.139. The van der Waals surface area contributed by atoms with Crippen molar-refractivity contribution >= 4 is 29.2 Å². The Morgan fingerprint density at radius 3 is 2.68 bits per heavy atom. The first-order valence-corrected chi connectivity index (χ1v) is 7.86. The van der Waals surface area contributed by atoms with E-state index < -0.39 is 12.6 Å². The van der Waals surface area contributed by atoms with Gasteiger partial charge in [0.25, 0.3) is 0 Å². The molecule has 2 N–H and O–H groups in total. The van der Waals surface area contributed by atoms with Gasteiger partial charge in [-0.05, 0) is 30.5 Å². The van der Waals surface area contributed by atoms with Gasteiger partial charge in [-0.3, -0.25) is 4.79 Å². The van der Waals surface area contributed by atoms with Crippen LogP contribution >= 0.6 is 11.6 Å². The molecule has 1 aliphatic carbocycles. The number of carboxylic acid groups (broad SMARTS) is 1. The fraction of sp³-hybridized carbons (Fsp3) is 0.500. The number of anilines is 1. The number of hydrogen-bond donors (Lipinski definition) is 2. The number of aliphatic carboxylic acids is 1. The van der Waals surface area contributed by atoms with Crippen LogP contribution in [0.1, 0.15) is 38.5 Å². The van der Waals surface area contributed by atoms with E-state index in [-0.39, 0.29) is 16.7 Å². The Morgan fingerprint density at radius 2 is 2.05 bits per heavy atom. The number of carbonyl (C=O) groups excluding carboxylic acids is 1. The van der Waals surface area contributed by atoms with Crippen molar-refractivity contribution in [2.45, 2.75) is 38.5 Å². The zero-order valence-electron chi connectivity index (χ0n) is 12.3. The van der Waals surface area contributed by atoms with Gasteiger partial charge < -0.3 is 15.2 Å².